The third kappa shape index (κ3) is 4.79. The number of aliphatic hydroxyl groups excluding tert-OH is 1. The van der Waals surface area contributed by atoms with E-state index in [0.717, 1.165) is 16.9 Å². The summed E-state index contributed by atoms with van der Waals surface area (Å²) in [7, 11) is 0. The summed E-state index contributed by atoms with van der Waals surface area (Å²) in [4.78, 5) is 38.2. The lowest BCUT2D eigenvalue weighted by atomic mass is 9.99. The Morgan fingerprint density at radius 1 is 1.34 bits per heavy atom. The molecule has 3 rings (SSSR count). The number of nitrogens with zero attached hydrogens (tertiary/aromatic N) is 1. The van der Waals surface area contributed by atoms with Crippen molar-refractivity contribution in [1.82, 2.24) is 15.5 Å². The topological polar surface area (TPSA) is 117 Å². The van der Waals surface area contributed by atoms with Crippen molar-refractivity contribution in [2.45, 2.75) is 51.7 Å². The smallest absolute Gasteiger partial charge is 0.325 e. The Morgan fingerprint density at radius 2 is 2.10 bits per heavy atom. The second kappa shape index (κ2) is 9.13. The van der Waals surface area contributed by atoms with E-state index in [4.69, 9.17) is 9.47 Å². The van der Waals surface area contributed by atoms with Crippen LogP contribution in [0.15, 0.2) is 18.2 Å². The normalized spacial score (nSPS) is 19.8. The summed E-state index contributed by atoms with van der Waals surface area (Å²) in [5.74, 6) is 0.756. The predicted molar refractivity (Wildman–Crippen MR) is 103 cm³/mol. The summed E-state index contributed by atoms with van der Waals surface area (Å²) in [6.45, 7) is 4.07. The maximum atomic E-state index is 12.6. The minimum atomic E-state index is -0.738. The molecule has 1 fully saturated rings. The summed E-state index contributed by atoms with van der Waals surface area (Å²) in [6, 6.07) is 3.73. The number of fused-ring (bicyclic) bond motifs is 1. The molecule has 158 valence electrons. The molecule has 0 spiro atoms. The molecule has 0 unspecified atom stereocenters. The van der Waals surface area contributed by atoms with Crippen molar-refractivity contribution in [3.63, 3.8) is 0 Å². The van der Waals surface area contributed by atoms with Gasteiger partial charge < -0.3 is 25.2 Å². The number of benzene rings is 1. The molecular weight excluding hydrogens is 378 g/mol. The van der Waals surface area contributed by atoms with Crippen LogP contribution in [0.3, 0.4) is 0 Å². The van der Waals surface area contributed by atoms with Crippen LogP contribution in [0.2, 0.25) is 0 Å². The molecule has 2 aliphatic rings. The van der Waals surface area contributed by atoms with Crippen LogP contribution in [0, 0.1) is 5.92 Å². The molecule has 2 heterocycles. The maximum Gasteiger partial charge on any atom is 0.325 e. The van der Waals surface area contributed by atoms with Crippen LogP contribution >= 0.6 is 0 Å². The van der Waals surface area contributed by atoms with Gasteiger partial charge in [-0.05, 0) is 30.0 Å². The molecule has 4 amide bonds. The third-order valence-corrected chi connectivity index (χ3v) is 5.42. The molecule has 9 heteroatoms. The van der Waals surface area contributed by atoms with E-state index in [2.05, 4.69) is 10.6 Å². The first kappa shape index (κ1) is 20.9. The molecule has 0 aliphatic carbocycles. The van der Waals surface area contributed by atoms with Gasteiger partial charge in [0.25, 0.3) is 5.91 Å². The fourth-order valence-corrected chi connectivity index (χ4v) is 3.35. The number of rotatable bonds is 9. The molecule has 1 aromatic carbocycles. The number of hydrogen-bond donors (Lipinski definition) is 3. The number of nitrogens with one attached hydrogen (secondary N) is 2. The minimum absolute atomic E-state index is 0.0848. The highest BCUT2D eigenvalue weighted by Crippen LogP contribution is 2.33. The summed E-state index contributed by atoms with van der Waals surface area (Å²) in [6.07, 6.45) is 1.12. The van der Waals surface area contributed by atoms with Crippen LogP contribution in [-0.2, 0) is 16.1 Å². The van der Waals surface area contributed by atoms with Gasteiger partial charge in [0.05, 0.1) is 19.2 Å². The van der Waals surface area contributed by atoms with Gasteiger partial charge in [0.1, 0.15) is 6.04 Å². The molecule has 0 radical (unpaired) electrons. The first-order valence-electron chi connectivity index (χ1n) is 9.83. The fourth-order valence-electron chi connectivity index (χ4n) is 3.35. The van der Waals surface area contributed by atoms with Crippen molar-refractivity contribution in [3.8, 4) is 11.5 Å². The third-order valence-electron chi connectivity index (χ3n) is 5.42. The molecule has 1 aromatic rings. The van der Waals surface area contributed by atoms with Gasteiger partial charge in [0.2, 0.25) is 12.7 Å². The van der Waals surface area contributed by atoms with Crippen LogP contribution in [0.4, 0.5) is 4.79 Å². The molecule has 3 atom stereocenters. The zero-order valence-electron chi connectivity index (χ0n) is 16.6. The molecule has 0 bridgehead atoms. The molecule has 0 saturated carbocycles. The van der Waals surface area contributed by atoms with Crippen molar-refractivity contribution in [2.75, 3.05) is 13.4 Å². The van der Waals surface area contributed by atoms with E-state index in [0.29, 0.717) is 11.5 Å². The summed E-state index contributed by atoms with van der Waals surface area (Å²) < 4.78 is 10.6. The van der Waals surface area contributed by atoms with Crippen LogP contribution in [-0.4, -0.2) is 53.3 Å². The van der Waals surface area contributed by atoms with Gasteiger partial charge in [-0.15, -0.1) is 0 Å². The SMILES string of the molecule is CC[C@H](C)[C@@H](CO)NC(=O)CC[C@@H]1NC(=O)N(Cc2ccc3c(c2)OCO3)C1=O. The monoisotopic (exact) mass is 405 g/mol. The molecule has 9 nitrogen and oxygen atoms in total. The standard InChI is InChI=1S/C20H27N3O6/c1-3-12(2)15(10-24)21-18(25)7-5-14-19(26)23(20(27)22-14)9-13-4-6-16-17(8-13)29-11-28-16/h4,6,8,12,14-15,24H,3,5,7,9-11H2,1-2H3,(H,21,25)(H,22,27)/t12-,14-,15+/m0/s1. The number of carbonyl (C=O) groups excluding carboxylic acids is 3. The van der Waals surface area contributed by atoms with Gasteiger partial charge in [-0.3, -0.25) is 14.5 Å². The lowest BCUT2D eigenvalue weighted by Crippen LogP contribution is -2.42. The predicted octanol–water partition coefficient (Wildman–Crippen LogP) is 1.14. The zero-order chi connectivity index (χ0) is 21.0. The number of amides is 4. The number of ether oxygens (including phenoxy) is 2. The minimum Gasteiger partial charge on any atom is -0.454 e. The lowest BCUT2D eigenvalue weighted by molar-refractivity contribution is -0.128. The van der Waals surface area contributed by atoms with Crippen LogP contribution in [0.25, 0.3) is 0 Å². The van der Waals surface area contributed by atoms with Crippen molar-refractivity contribution in [3.05, 3.63) is 23.8 Å². The van der Waals surface area contributed by atoms with Gasteiger partial charge in [-0.25, -0.2) is 4.79 Å². The second-order valence-corrected chi connectivity index (χ2v) is 7.39. The molecule has 3 N–H and O–H groups in total. The molecular formula is C20H27N3O6. The van der Waals surface area contributed by atoms with E-state index < -0.39 is 12.1 Å². The Kier molecular flexibility index (Phi) is 6.58. The van der Waals surface area contributed by atoms with E-state index >= 15 is 0 Å². The Hall–Kier alpha value is -2.81. The first-order valence-corrected chi connectivity index (χ1v) is 9.83. The van der Waals surface area contributed by atoms with E-state index in [9.17, 15) is 19.5 Å². The lowest BCUT2D eigenvalue weighted by Gasteiger charge is -2.22. The van der Waals surface area contributed by atoms with Gasteiger partial charge in [-0.1, -0.05) is 26.3 Å². The average molecular weight is 405 g/mol. The average Bonchev–Trinajstić information content (AvgIpc) is 3.29. The van der Waals surface area contributed by atoms with E-state index in [1.807, 2.05) is 13.8 Å². The Balaban J connectivity index is 1.53. The highest BCUT2D eigenvalue weighted by molar-refractivity contribution is 6.04. The van der Waals surface area contributed by atoms with Crippen LogP contribution in [0.1, 0.15) is 38.7 Å². The van der Waals surface area contributed by atoms with E-state index in [1.165, 1.54) is 0 Å². The largest absolute Gasteiger partial charge is 0.454 e. The Labute approximate surface area is 169 Å². The molecule has 1 saturated heterocycles. The zero-order valence-corrected chi connectivity index (χ0v) is 16.6. The summed E-state index contributed by atoms with van der Waals surface area (Å²) in [5.41, 5.74) is 0.746. The van der Waals surface area contributed by atoms with Crippen LogP contribution in [0.5, 0.6) is 11.5 Å². The summed E-state index contributed by atoms with van der Waals surface area (Å²) >= 11 is 0. The van der Waals surface area contributed by atoms with Gasteiger partial charge in [0.15, 0.2) is 11.5 Å². The quantitative estimate of drug-likeness (QED) is 0.531. The van der Waals surface area contributed by atoms with Gasteiger partial charge >= 0.3 is 6.03 Å². The van der Waals surface area contributed by atoms with Crippen molar-refractivity contribution >= 4 is 17.8 Å². The first-order chi connectivity index (χ1) is 13.9. The second-order valence-electron chi connectivity index (χ2n) is 7.39. The number of imide groups is 1. The summed E-state index contributed by atoms with van der Waals surface area (Å²) in [5, 5.41) is 14.8. The molecule has 2 aliphatic heterocycles. The number of carbonyl (C=O) groups is 3. The van der Waals surface area contributed by atoms with Crippen LogP contribution < -0.4 is 20.1 Å². The number of aliphatic hydroxyl groups is 1. The van der Waals surface area contributed by atoms with E-state index in [1.54, 1.807) is 18.2 Å². The van der Waals surface area contributed by atoms with Crippen molar-refractivity contribution < 1.29 is 29.0 Å². The Morgan fingerprint density at radius 3 is 2.83 bits per heavy atom. The Bertz CT molecular complexity index is 783. The molecule has 0 aromatic heterocycles. The van der Waals surface area contributed by atoms with Gasteiger partial charge in [-0.2, -0.15) is 0 Å². The highest BCUT2D eigenvalue weighted by Gasteiger charge is 2.38. The maximum absolute atomic E-state index is 12.6. The fraction of sp³-hybridized carbons (Fsp3) is 0.550. The molecule has 29 heavy (non-hydrogen) atoms. The number of urea groups is 1. The van der Waals surface area contributed by atoms with Crippen molar-refractivity contribution in [2.24, 2.45) is 5.92 Å². The number of hydrogen-bond acceptors (Lipinski definition) is 6. The van der Waals surface area contributed by atoms with Crippen molar-refractivity contribution in [1.29, 1.82) is 0 Å². The highest BCUT2D eigenvalue weighted by atomic mass is 16.7. The van der Waals surface area contributed by atoms with Gasteiger partial charge in [0, 0.05) is 6.42 Å². The van der Waals surface area contributed by atoms with E-state index in [-0.39, 0.29) is 56.6 Å².